The van der Waals surface area contributed by atoms with Crippen LogP contribution in [0.25, 0.3) is 0 Å². The van der Waals surface area contributed by atoms with Gasteiger partial charge in [-0.25, -0.2) is 4.79 Å². The molecule has 17 heteroatoms. The zero-order valence-corrected chi connectivity index (χ0v) is 46.8. The summed E-state index contributed by atoms with van der Waals surface area (Å²) in [4.78, 5) is 72.4. The summed E-state index contributed by atoms with van der Waals surface area (Å²) in [6.45, 7) is 20.3. The molecule has 0 radical (unpaired) electrons. The summed E-state index contributed by atoms with van der Waals surface area (Å²) in [6, 6.07) is -1.17. The zero-order chi connectivity index (χ0) is 55.4. The van der Waals surface area contributed by atoms with E-state index in [0.717, 1.165) is 12.0 Å². The minimum absolute atomic E-state index is 0.0407. The van der Waals surface area contributed by atoms with E-state index in [9.17, 15) is 39.3 Å². The summed E-state index contributed by atoms with van der Waals surface area (Å²) in [5, 5.41) is 32.9. The predicted molar refractivity (Wildman–Crippen MR) is 282 cm³/mol. The number of carbonyl (C=O) groups excluding carboxylic acids is 5. The fourth-order valence-electron chi connectivity index (χ4n) is 11.1. The van der Waals surface area contributed by atoms with Gasteiger partial charge in [-0.1, -0.05) is 71.6 Å². The lowest BCUT2D eigenvalue weighted by Crippen LogP contribution is -2.61. The summed E-state index contributed by atoms with van der Waals surface area (Å²) < 4.78 is 47.0. The van der Waals surface area contributed by atoms with Crippen LogP contribution < -0.4 is 0 Å². The van der Waals surface area contributed by atoms with Crippen LogP contribution in [0.5, 0.6) is 0 Å². The summed E-state index contributed by atoms with van der Waals surface area (Å²) >= 11 is 0. The molecule has 0 aromatic carbocycles. The SMILES string of the molecule is C=C/C=C(\C)C(C[C@@H]1CC[C@@H](C)[C@](O)(C(=O)C(=O)N2CCCC[C@H]2C(=O)O[C@@H](CC(=O)[C@H](C)/C=C(\C)[C@@H](O)[C@@H](OC)C(=O)[C@H](C)C[C@H](C)/C=C/C)[C@H](C)C[C@@H]2CC[C@@H](OCCO)[C@H](OC)C2)O1)OCCOC1COC1. The van der Waals surface area contributed by atoms with Crippen molar-refractivity contribution in [3.05, 3.63) is 48.1 Å². The first-order valence-corrected chi connectivity index (χ1v) is 27.6. The molecule has 1 amide bonds. The van der Waals surface area contributed by atoms with E-state index in [-0.39, 0.29) is 86.2 Å². The van der Waals surface area contributed by atoms with Gasteiger partial charge in [0.15, 0.2) is 5.78 Å². The van der Waals surface area contributed by atoms with Gasteiger partial charge in [0.2, 0.25) is 5.79 Å². The van der Waals surface area contributed by atoms with Crippen LogP contribution >= 0.6 is 0 Å². The summed E-state index contributed by atoms with van der Waals surface area (Å²) in [6.07, 6.45) is 9.72. The molecule has 4 rings (SSSR count). The maximum atomic E-state index is 14.6. The average Bonchev–Trinajstić information content (AvgIpc) is 3.37. The highest BCUT2D eigenvalue weighted by molar-refractivity contribution is 6.39. The number of amides is 1. The predicted octanol–water partition coefficient (Wildman–Crippen LogP) is 6.62. The number of methoxy groups -OCH3 is 2. The van der Waals surface area contributed by atoms with Crippen LogP contribution in [0.3, 0.4) is 0 Å². The highest BCUT2D eigenvalue weighted by Crippen LogP contribution is 2.38. The molecule has 1 aliphatic carbocycles. The van der Waals surface area contributed by atoms with Crippen LogP contribution in [0.1, 0.15) is 132 Å². The quantitative estimate of drug-likeness (QED) is 0.0212. The molecule has 1 unspecified atom stereocenters. The van der Waals surface area contributed by atoms with Crippen molar-refractivity contribution in [2.45, 2.75) is 193 Å². The number of ether oxygens (including phenoxy) is 8. The van der Waals surface area contributed by atoms with Gasteiger partial charge in [-0.3, -0.25) is 19.2 Å². The lowest BCUT2D eigenvalue weighted by molar-refractivity contribution is -0.266. The number of likely N-dealkylation sites (tertiary alicyclic amines) is 1. The molecular weight excluding hydrogens is 967 g/mol. The Hall–Kier alpha value is -3.49. The molecule has 75 heavy (non-hydrogen) atoms. The molecule has 3 N–H and O–H groups in total. The van der Waals surface area contributed by atoms with E-state index < -0.39 is 71.8 Å². The van der Waals surface area contributed by atoms with E-state index in [1.807, 2.05) is 52.8 Å². The van der Waals surface area contributed by atoms with Gasteiger partial charge in [0, 0.05) is 51.4 Å². The van der Waals surface area contributed by atoms with Gasteiger partial charge in [-0.15, -0.1) is 0 Å². The van der Waals surface area contributed by atoms with E-state index >= 15 is 0 Å². The van der Waals surface area contributed by atoms with Crippen molar-refractivity contribution in [2.24, 2.45) is 35.5 Å². The molecule has 3 saturated heterocycles. The van der Waals surface area contributed by atoms with Crippen molar-refractivity contribution in [3.63, 3.8) is 0 Å². The highest BCUT2D eigenvalue weighted by Gasteiger charge is 2.53. The van der Waals surface area contributed by atoms with Gasteiger partial charge in [0.25, 0.3) is 11.7 Å². The number of rotatable bonds is 32. The number of Topliss-reactive ketones (excluding diaryl/α,β-unsaturated/α-hetero) is 3. The monoisotopic (exact) mass is 1060 g/mol. The molecule has 0 bridgehead atoms. The van der Waals surface area contributed by atoms with Crippen LogP contribution in [0, 0.1) is 35.5 Å². The second kappa shape index (κ2) is 31.8. The van der Waals surface area contributed by atoms with Crippen molar-refractivity contribution in [2.75, 3.05) is 60.4 Å². The van der Waals surface area contributed by atoms with E-state index in [0.29, 0.717) is 89.8 Å². The van der Waals surface area contributed by atoms with Crippen molar-refractivity contribution >= 4 is 29.2 Å². The Morgan fingerprint density at radius 3 is 2.28 bits per heavy atom. The molecule has 4 fully saturated rings. The van der Waals surface area contributed by atoms with Crippen LogP contribution in [0.2, 0.25) is 0 Å². The second-order valence-electron chi connectivity index (χ2n) is 21.8. The first kappa shape index (κ1) is 64.0. The van der Waals surface area contributed by atoms with Crippen molar-refractivity contribution < 1.29 is 77.2 Å². The number of aliphatic hydroxyl groups is 3. The van der Waals surface area contributed by atoms with Gasteiger partial charge in [-0.2, -0.15) is 0 Å². The minimum Gasteiger partial charge on any atom is -0.460 e. The zero-order valence-electron chi connectivity index (χ0n) is 46.8. The Balaban J connectivity index is 1.53. The Morgan fingerprint density at radius 1 is 0.907 bits per heavy atom. The number of carbonyl (C=O) groups is 5. The molecule has 4 aliphatic rings. The Kier molecular flexibility index (Phi) is 27.1. The van der Waals surface area contributed by atoms with Gasteiger partial charge in [-0.05, 0) is 114 Å². The smallest absolute Gasteiger partial charge is 0.329 e. The minimum atomic E-state index is -2.47. The maximum absolute atomic E-state index is 14.6. The van der Waals surface area contributed by atoms with Crippen molar-refractivity contribution in [1.82, 2.24) is 4.90 Å². The molecule has 3 aliphatic heterocycles. The van der Waals surface area contributed by atoms with Crippen molar-refractivity contribution in [3.8, 4) is 0 Å². The Bertz CT molecular complexity index is 1930. The first-order chi connectivity index (χ1) is 35.7. The molecule has 3 heterocycles. The van der Waals surface area contributed by atoms with Crippen LogP contribution in [0.15, 0.2) is 48.1 Å². The normalized spacial score (nSPS) is 28.3. The van der Waals surface area contributed by atoms with Gasteiger partial charge >= 0.3 is 5.97 Å². The average molecular weight is 1060 g/mol. The Labute approximate surface area is 447 Å². The lowest BCUT2D eigenvalue weighted by atomic mass is 9.78. The van der Waals surface area contributed by atoms with Crippen LogP contribution in [-0.4, -0.2) is 171 Å². The summed E-state index contributed by atoms with van der Waals surface area (Å²) in [5.41, 5.74) is 1.25. The maximum Gasteiger partial charge on any atom is 0.329 e. The number of esters is 1. The number of hydrogen-bond acceptors (Lipinski definition) is 16. The molecule has 1 saturated carbocycles. The molecule has 17 nitrogen and oxygen atoms in total. The fourth-order valence-corrected chi connectivity index (χ4v) is 11.1. The van der Waals surface area contributed by atoms with Gasteiger partial charge in [0.1, 0.15) is 36.2 Å². The van der Waals surface area contributed by atoms with Gasteiger partial charge < -0.3 is 58.1 Å². The topological polar surface area (TPSA) is 223 Å². The molecule has 15 atom stereocenters. The number of nitrogens with zero attached hydrogens (tertiary/aromatic N) is 1. The van der Waals surface area contributed by atoms with Gasteiger partial charge in [0.05, 0.1) is 64.1 Å². The Morgan fingerprint density at radius 2 is 1.64 bits per heavy atom. The van der Waals surface area contributed by atoms with E-state index in [1.54, 1.807) is 40.0 Å². The van der Waals surface area contributed by atoms with E-state index in [4.69, 9.17) is 37.9 Å². The standard InChI is InChI=1S/C58H93NO16/c1-12-16-36(3)28-40(7)52(62)54(69-11)53(63)41(8)29-38(5)47(61)33-50(39(6)30-43-20-22-48(72-25-24-60)51(31-43)68-10)74-57(66)46-18-14-15-23-59(46)56(65)55(64)58(67)42(9)19-21-44(75-58)32-49(37(4)17-13-2)73-27-26-71-45-34-70-35-45/h12-13,16-17,29,36,38-40,42-46,48-51,53-54,60,63,67H,2,14-15,18-28,30-35H2,1,3-11H3/b16-12+,37-17+,41-29+/t36-,38-,39-,40-,42-,43+,44+,46+,48-,49?,50+,51-,53-,54+,58-/m1/s1. The molecule has 426 valence electrons. The molecule has 0 spiro atoms. The summed E-state index contributed by atoms with van der Waals surface area (Å²) in [7, 11) is 3.00. The molecule has 0 aromatic heterocycles. The number of aliphatic hydroxyl groups excluding tert-OH is 2. The largest absolute Gasteiger partial charge is 0.460 e. The van der Waals surface area contributed by atoms with Crippen molar-refractivity contribution in [1.29, 1.82) is 0 Å². The molecular formula is C58H93NO16. The lowest BCUT2D eigenvalue weighted by Gasteiger charge is -2.43. The number of hydrogen-bond donors (Lipinski definition) is 3. The third-order valence-corrected chi connectivity index (χ3v) is 15.8. The number of allylic oxidation sites excluding steroid dienone is 5. The highest BCUT2D eigenvalue weighted by atomic mass is 16.6. The third-order valence-electron chi connectivity index (χ3n) is 15.8. The third kappa shape index (κ3) is 18.6. The summed E-state index contributed by atoms with van der Waals surface area (Å²) in [5.74, 6) is -7.93. The van der Waals surface area contributed by atoms with Crippen LogP contribution in [-0.2, 0) is 61.9 Å². The van der Waals surface area contributed by atoms with E-state index in [2.05, 4.69) is 6.58 Å². The second-order valence-corrected chi connectivity index (χ2v) is 21.8. The number of ketones is 3. The number of piperidine rings is 1. The molecule has 0 aromatic rings. The van der Waals surface area contributed by atoms with Crippen LogP contribution in [0.4, 0.5) is 0 Å². The first-order valence-electron chi connectivity index (χ1n) is 27.6. The fraction of sp³-hybridized carbons (Fsp3) is 0.776. The van der Waals surface area contributed by atoms with E-state index in [1.165, 1.54) is 12.0 Å².